The van der Waals surface area contributed by atoms with Gasteiger partial charge in [-0.3, -0.25) is 0 Å². The molecule has 2 bridgehead atoms. The molecular weight excluding hydrogens is 391 g/mol. The summed E-state index contributed by atoms with van der Waals surface area (Å²) in [6, 6.07) is 3.83. The molecule has 1 heterocycles. The summed E-state index contributed by atoms with van der Waals surface area (Å²) in [6.45, 7) is 14.3. The lowest BCUT2D eigenvalue weighted by Crippen LogP contribution is -2.65. The number of rotatable bonds is 5. The first-order chi connectivity index (χ1) is 14.4. The van der Waals surface area contributed by atoms with Crippen LogP contribution in [-0.4, -0.2) is 35.5 Å². The maximum atomic E-state index is 12.8. The predicted octanol–water partition coefficient (Wildman–Crippen LogP) is 4.71. The fraction of sp³-hybridized carbons (Fsp3) is 0.720. The first-order valence-electron chi connectivity index (χ1n) is 11.7. The van der Waals surface area contributed by atoms with E-state index in [9.17, 15) is 9.90 Å². The minimum atomic E-state index is -0.585. The molecule has 1 aromatic rings. The highest BCUT2D eigenvalue weighted by Gasteiger charge is 2.67. The van der Waals surface area contributed by atoms with Crippen molar-refractivity contribution < 1.29 is 23.9 Å². The minimum absolute atomic E-state index is 0.185. The van der Waals surface area contributed by atoms with Gasteiger partial charge in [-0.1, -0.05) is 26.0 Å². The molecule has 3 aliphatic carbocycles. The van der Waals surface area contributed by atoms with Crippen LogP contribution < -0.4 is 0 Å². The molecule has 4 fully saturated rings. The summed E-state index contributed by atoms with van der Waals surface area (Å²) in [5.41, 5.74) is 2.57. The van der Waals surface area contributed by atoms with Crippen LogP contribution in [0.2, 0.25) is 6.32 Å². The average molecular weight is 428 g/mol. The van der Waals surface area contributed by atoms with E-state index in [0.29, 0.717) is 22.5 Å². The Balaban J connectivity index is 1.47. The van der Waals surface area contributed by atoms with Crippen LogP contribution in [0.5, 0.6) is 0 Å². The smallest absolute Gasteiger partial charge is 0.456 e. The van der Waals surface area contributed by atoms with Crippen LogP contribution in [0.4, 0.5) is 0 Å². The number of ether oxygens (including phenoxy) is 1. The lowest BCUT2D eigenvalue weighted by molar-refractivity contribution is -0.199. The fourth-order valence-electron chi connectivity index (χ4n) is 6.18. The van der Waals surface area contributed by atoms with Crippen LogP contribution in [0.3, 0.4) is 0 Å². The number of benzene rings is 1. The summed E-state index contributed by atoms with van der Waals surface area (Å²) in [5, 5.41) is 9.75. The zero-order valence-corrected chi connectivity index (χ0v) is 20.1. The molecule has 5 nitrogen and oxygen atoms in total. The van der Waals surface area contributed by atoms with Crippen LogP contribution in [-0.2, 0) is 27.1 Å². The Bertz CT molecular complexity index is 873. The van der Waals surface area contributed by atoms with Crippen molar-refractivity contribution in [1.29, 1.82) is 0 Å². The first-order valence-corrected chi connectivity index (χ1v) is 11.7. The molecule has 0 amide bonds. The molecule has 1 aliphatic heterocycles. The Morgan fingerprint density at radius 2 is 1.90 bits per heavy atom. The van der Waals surface area contributed by atoms with Crippen LogP contribution >= 0.6 is 0 Å². The SMILES string of the molecule is Cc1c(CCB2OC3CC4CC(C4(C)C)[C@]3(C)O2)ccc(CO)c1C(=O)OC(C)(C)C. The van der Waals surface area contributed by atoms with Gasteiger partial charge in [0.25, 0.3) is 0 Å². The highest BCUT2D eigenvalue weighted by atomic mass is 16.7. The summed E-state index contributed by atoms with van der Waals surface area (Å²) >= 11 is 0. The molecule has 0 aromatic heterocycles. The molecule has 4 atom stereocenters. The van der Waals surface area contributed by atoms with Gasteiger partial charge in [0, 0.05) is 0 Å². The van der Waals surface area contributed by atoms with Gasteiger partial charge in [0.2, 0.25) is 0 Å². The Kier molecular flexibility index (Phi) is 5.59. The highest BCUT2D eigenvalue weighted by Crippen LogP contribution is 2.65. The van der Waals surface area contributed by atoms with Gasteiger partial charge in [-0.2, -0.15) is 0 Å². The lowest BCUT2D eigenvalue weighted by Gasteiger charge is -2.64. The topological polar surface area (TPSA) is 65.0 Å². The monoisotopic (exact) mass is 428 g/mol. The van der Waals surface area contributed by atoms with Gasteiger partial charge >= 0.3 is 13.1 Å². The summed E-state index contributed by atoms with van der Waals surface area (Å²) in [6.07, 6.45) is 4.01. The third-order valence-electron chi connectivity index (χ3n) is 8.09. The highest BCUT2D eigenvalue weighted by molar-refractivity contribution is 6.45. The summed E-state index contributed by atoms with van der Waals surface area (Å²) < 4.78 is 18.5. The standard InChI is InChI=1S/C25H37BO5/c1-15-16(8-9-17(14-27)21(15)22(28)29-23(2,3)4)10-11-26-30-20-13-18-12-19(24(18,5)6)25(20,7)31-26/h8-9,18-20,27H,10-14H2,1-7H3/t18?,19?,20?,25-/m0/s1. The lowest BCUT2D eigenvalue weighted by atomic mass is 9.43. The Hall–Kier alpha value is -1.37. The fourth-order valence-corrected chi connectivity index (χ4v) is 6.18. The number of carbonyl (C=O) groups excluding carboxylic acids is 1. The number of aliphatic hydroxyl groups is 1. The van der Waals surface area contributed by atoms with Gasteiger partial charge in [0.1, 0.15) is 5.60 Å². The molecular formula is C25H37BO5. The normalized spacial score (nSPS) is 31.2. The van der Waals surface area contributed by atoms with E-state index in [2.05, 4.69) is 20.8 Å². The first kappa shape index (κ1) is 22.8. The van der Waals surface area contributed by atoms with E-state index >= 15 is 0 Å². The Morgan fingerprint density at radius 1 is 1.23 bits per heavy atom. The van der Waals surface area contributed by atoms with Crippen molar-refractivity contribution >= 4 is 13.1 Å². The molecule has 5 rings (SSSR count). The van der Waals surface area contributed by atoms with Crippen molar-refractivity contribution in [1.82, 2.24) is 0 Å². The largest absolute Gasteiger partial charge is 0.457 e. The quantitative estimate of drug-likeness (QED) is 0.544. The van der Waals surface area contributed by atoms with E-state index in [1.807, 2.05) is 39.8 Å². The second-order valence-corrected chi connectivity index (χ2v) is 11.5. The van der Waals surface area contributed by atoms with Gasteiger partial charge in [-0.25, -0.2) is 4.79 Å². The van der Waals surface area contributed by atoms with Crippen LogP contribution in [0.1, 0.15) is 81.4 Å². The Labute approximate surface area is 187 Å². The van der Waals surface area contributed by atoms with Crippen molar-refractivity contribution in [3.05, 3.63) is 34.4 Å². The average Bonchev–Trinajstić information content (AvgIpc) is 3.00. The third-order valence-corrected chi connectivity index (χ3v) is 8.09. The van der Waals surface area contributed by atoms with Crippen LogP contribution in [0.15, 0.2) is 12.1 Å². The predicted molar refractivity (Wildman–Crippen MR) is 121 cm³/mol. The van der Waals surface area contributed by atoms with Crippen molar-refractivity contribution in [2.75, 3.05) is 0 Å². The second-order valence-electron chi connectivity index (χ2n) is 11.5. The molecule has 1 saturated heterocycles. The van der Waals surface area contributed by atoms with Crippen molar-refractivity contribution in [2.45, 2.75) is 98.0 Å². The molecule has 4 aliphatic rings. The van der Waals surface area contributed by atoms with E-state index in [1.54, 1.807) is 0 Å². The van der Waals surface area contributed by atoms with Crippen LogP contribution in [0.25, 0.3) is 0 Å². The molecule has 6 heteroatoms. The van der Waals surface area contributed by atoms with Crippen molar-refractivity contribution in [3.63, 3.8) is 0 Å². The molecule has 3 saturated carbocycles. The Morgan fingerprint density at radius 3 is 2.52 bits per heavy atom. The molecule has 31 heavy (non-hydrogen) atoms. The third kappa shape index (κ3) is 3.85. The van der Waals surface area contributed by atoms with Gasteiger partial charge < -0.3 is 19.2 Å². The number of hydrogen-bond donors (Lipinski definition) is 1. The number of carbonyl (C=O) groups is 1. The number of hydrogen-bond acceptors (Lipinski definition) is 5. The van der Waals surface area contributed by atoms with Crippen LogP contribution in [0, 0.1) is 24.2 Å². The maximum absolute atomic E-state index is 12.8. The molecule has 0 radical (unpaired) electrons. The van der Waals surface area contributed by atoms with Gasteiger partial charge in [0.05, 0.1) is 23.9 Å². The zero-order valence-electron chi connectivity index (χ0n) is 20.1. The van der Waals surface area contributed by atoms with E-state index in [0.717, 1.165) is 36.2 Å². The van der Waals surface area contributed by atoms with E-state index in [4.69, 9.17) is 14.0 Å². The molecule has 3 unspecified atom stereocenters. The van der Waals surface area contributed by atoms with Gasteiger partial charge in [0.15, 0.2) is 0 Å². The van der Waals surface area contributed by atoms with Crippen molar-refractivity contribution in [2.24, 2.45) is 17.3 Å². The molecule has 0 spiro atoms. The molecule has 1 N–H and O–H groups in total. The van der Waals surface area contributed by atoms with Gasteiger partial charge in [-0.15, -0.1) is 0 Å². The van der Waals surface area contributed by atoms with Gasteiger partial charge in [-0.05, 0) is 94.1 Å². The van der Waals surface area contributed by atoms with Crippen molar-refractivity contribution in [3.8, 4) is 0 Å². The summed E-state index contributed by atoms with van der Waals surface area (Å²) in [4.78, 5) is 12.8. The zero-order chi connectivity index (χ0) is 22.8. The van der Waals surface area contributed by atoms with E-state index in [1.165, 1.54) is 6.42 Å². The van der Waals surface area contributed by atoms with E-state index < -0.39 is 5.60 Å². The molecule has 1 aromatic carbocycles. The number of esters is 1. The number of aryl methyl sites for hydroxylation is 1. The molecule has 170 valence electrons. The summed E-state index contributed by atoms with van der Waals surface area (Å²) in [5.74, 6) is 0.908. The van der Waals surface area contributed by atoms with E-state index in [-0.39, 0.29) is 31.4 Å². The maximum Gasteiger partial charge on any atom is 0.457 e. The summed E-state index contributed by atoms with van der Waals surface area (Å²) in [7, 11) is -0.216. The number of aliphatic hydroxyl groups excluding tert-OH is 1. The second kappa shape index (κ2) is 7.60. The minimum Gasteiger partial charge on any atom is -0.456 e.